The highest BCUT2D eigenvalue weighted by Gasteiger charge is 2.14. The van der Waals surface area contributed by atoms with Gasteiger partial charge in [-0.15, -0.1) is 0 Å². The third kappa shape index (κ3) is 2.24. The molecule has 3 aromatic rings. The van der Waals surface area contributed by atoms with Crippen LogP contribution in [0.3, 0.4) is 0 Å². The number of hydrogen-bond donors (Lipinski definition) is 1. The van der Waals surface area contributed by atoms with E-state index in [1.54, 1.807) is 24.4 Å². The molecule has 0 bridgehead atoms. The molecule has 3 aromatic heterocycles. The van der Waals surface area contributed by atoms with Crippen molar-refractivity contribution in [3.8, 4) is 17.1 Å². The number of aromatic nitrogens is 3. The number of pyridine rings is 2. The van der Waals surface area contributed by atoms with Crippen LogP contribution in [0.15, 0.2) is 42.7 Å². The summed E-state index contributed by atoms with van der Waals surface area (Å²) >= 11 is 0. The van der Waals surface area contributed by atoms with Crippen molar-refractivity contribution in [2.24, 2.45) is 0 Å². The zero-order chi connectivity index (χ0) is 13.2. The smallest absolute Gasteiger partial charge is 0.388 e. The largest absolute Gasteiger partial charge is 0.416 e. The van der Waals surface area contributed by atoms with Crippen LogP contribution in [0.25, 0.3) is 22.3 Å². The molecule has 0 saturated heterocycles. The van der Waals surface area contributed by atoms with Crippen molar-refractivity contribution in [3.05, 3.63) is 42.7 Å². The summed E-state index contributed by atoms with van der Waals surface area (Å²) in [6, 6.07) is 8.83. The number of halogens is 2. The minimum absolute atomic E-state index is 0.107. The van der Waals surface area contributed by atoms with Crippen molar-refractivity contribution in [2.75, 3.05) is 0 Å². The molecule has 1 N–H and O–H groups in total. The summed E-state index contributed by atoms with van der Waals surface area (Å²) in [4.78, 5) is 11.0. The Morgan fingerprint density at radius 1 is 1.11 bits per heavy atom. The zero-order valence-electron chi connectivity index (χ0n) is 9.68. The minimum Gasteiger partial charge on any atom is -0.416 e. The molecule has 0 amide bonds. The van der Waals surface area contributed by atoms with Gasteiger partial charge in [0.15, 0.2) is 0 Å². The van der Waals surface area contributed by atoms with Gasteiger partial charge in [-0.1, -0.05) is 0 Å². The molecule has 0 radical (unpaired) electrons. The number of nitrogens with zero attached hydrogens (tertiary/aromatic N) is 2. The fourth-order valence-electron chi connectivity index (χ4n) is 1.88. The molecule has 0 atom stereocenters. The maximum atomic E-state index is 12.3. The molecule has 96 valence electrons. The fraction of sp³-hybridized carbons (Fsp3) is 0.0769. The standard InChI is InChI=1S/C13H9F2N3O/c14-13(15)19-12-9(4-2-6-17-12)10-7-8-3-1-5-16-11(8)18-10/h1-7,13H,(H,16,18). The van der Waals surface area contributed by atoms with Gasteiger partial charge < -0.3 is 9.72 Å². The number of nitrogens with one attached hydrogen (secondary N) is 1. The predicted octanol–water partition coefficient (Wildman–Crippen LogP) is 3.23. The highest BCUT2D eigenvalue weighted by molar-refractivity contribution is 5.83. The van der Waals surface area contributed by atoms with E-state index < -0.39 is 6.61 Å². The summed E-state index contributed by atoms with van der Waals surface area (Å²) < 4.78 is 29.1. The maximum Gasteiger partial charge on any atom is 0.388 e. The van der Waals surface area contributed by atoms with Crippen LogP contribution in [0.4, 0.5) is 8.78 Å². The van der Waals surface area contributed by atoms with E-state index in [0.29, 0.717) is 16.9 Å². The van der Waals surface area contributed by atoms with Crippen molar-refractivity contribution in [3.63, 3.8) is 0 Å². The van der Waals surface area contributed by atoms with Crippen molar-refractivity contribution in [1.82, 2.24) is 15.0 Å². The van der Waals surface area contributed by atoms with Crippen LogP contribution in [0.1, 0.15) is 0 Å². The monoisotopic (exact) mass is 261 g/mol. The number of hydrogen-bond acceptors (Lipinski definition) is 3. The second-order valence-electron chi connectivity index (χ2n) is 3.86. The highest BCUT2D eigenvalue weighted by atomic mass is 19.3. The molecule has 3 rings (SSSR count). The predicted molar refractivity (Wildman–Crippen MR) is 66.0 cm³/mol. The van der Waals surface area contributed by atoms with E-state index in [0.717, 1.165) is 5.39 Å². The van der Waals surface area contributed by atoms with Crippen molar-refractivity contribution in [2.45, 2.75) is 6.61 Å². The van der Waals surface area contributed by atoms with Crippen molar-refractivity contribution >= 4 is 11.0 Å². The molecule has 0 fully saturated rings. The summed E-state index contributed by atoms with van der Waals surface area (Å²) in [6.07, 6.45) is 3.06. The minimum atomic E-state index is -2.91. The van der Waals surface area contributed by atoms with Gasteiger partial charge >= 0.3 is 6.61 Å². The SMILES string of the molecule is FC(F)Oc1ncccc1-c1cc2cccnc2[nH]1. The zero-order valence-corrected chi connectivity index (χ0v) is 9.68. The summed E-state index contributed by atoms with van der Waals surface area (Å²) in [5, 5.41) is 0.893. The van der Waals surface area contributed by atoms with Crippen LogP contribution in [0.2, 0.25) is 0 Å². The summed E-state index contributed by atoms with van der Waals surface area (Å²) in [5.41, 5.74) is 1.79. The highest BCUT2D eigenvalue weighted by Crippen LogP contribution is 2.30. The molecular formula is C13H9F2N3O. The lowest BCUT2D eigenvalue weighted by Crippen LogP contribution is -2.04. The van der Waals surface area contributed by atoms with E-state index in [4.69, 9.17) is 0 Å². The number of rotatable bonds is 3. The average molecular weight is 261 g/mol. The molecule has 6 heteroatoms. The molecule has 3 heterocycles. The first-order valence-electron chi connectivity index (χ1n) is 5.58. The lowest BCUT2D eigenvalue weighted by Gasteiger charge is -2.07. The van der Waals surface area contributed by atoms with E-state index in [-0.39, 0.29) is 5.88 Å². The Bertz CT molecular complexity index is 679. The fourth-order valence-corrected chi connectivity index (χ4v) is 1.88. The van der Waals surface area contributed by atoms with Gasteiger partial charge in [0, 0.05) is 17.8 Å². The average Bonchev–Trinajstić information content (AvgIpc) is 2.82. The third-order valence-electron chi connectivity index (χ3n) is 2.65. The van der Waals surface area contributed by atoms with Gasteiger partial charge in [0.1, 0.15) is 5.65 Å². The van der Waals surface area contributed by atoms with Crippen molar-refractivity contribution < 1.29 is 13.5 Å². The van der Waals surface area contributed by atoms with Gasteiger partial charge in [0.25, 0.3) is 0 Å². The Balaban J connectivity index is 2.10. The first kappa shape index (κ1) is 11.6. The number of alkyl halides is 2. The van der Waals surface area contributed by atoms with E-state index >= 15 is 0 Å². The first-order chi connectivity index (χ1) is 9.24. The van der Waals surface area contributed by atoms with Crippen molar-refractivity contribution in [1.29, 1.82) is 0 Å². The van der Waals surface area contributed by atoms with Gasteiger partial charge in [-0.2, -0.15) is 8.78 Å². The molecule has 0 aliphatic heterocycles. The molecule has 4 nitrogen and oxygen atoms in total. The van der Waals surface area contributed by atoms with Gasteiger partial charge in [0.05, 0.1) is 11.3 Å². The Labute approximate surface area is 107 Å². The van der Waals surface area contributed by atoms with E-state index in [1.165, 1.54) is 6.20 Å². The molecule has 0 unspecified atom stereocenters. The lowest BCUT2D eigenvalue weighted by molar-refractivity contribution is -0.0524. The Kier molecular flexibility index (Phi) is 2.83. The molecule has 19 heavy (non-hydrogen) atoms. The van der Waals surface area contributed by atoms with E-state index in [9.17, 15) is 8.78 Å². The second-order valence-corrected chi connectivity index (χ2v) is 3.86. The molecule has 0 aliphatic rings. The summed E-state index contributed by atoms with van der Waals surface area (Å²) in [5.74, 6) is -0.107. The molecule has 0 spiro atoms. The van der Waals surface area contributed by atoms with Crippen LogP contribution < -0.4 is 4.74 Å². The molecule has 0 aliphatic carbocycles. The van der Waals surface area contributed by atoms with E-state index in [1.807, 2.05) is 12.1 Å². The number of ether oxygens (including phenoxy) is 1. The van der Waals surface area contributed by atoms with E-state index in [2.05, 4.69) is 19.7 Å². The maximum absolute atomic E-state index is 12.3. The normalized spacial score (nSPS) is 11.1. The summed E-state index contributed by atoms with van der Waals surface area (Å²) in [6.45, 7) is -2.91. The van der Waals surface area contributed by atoms with Crippen LogP contribution in [-0.4, -0.2) is 21.6 Å². The summed E-state index contributed by atoms with van der Waals surface area (Å²) in [7, 11) is 0. The lowest BCUT2D eigenvalue weighted by atomic mass is 10.2. The van der Waals surface area contributed by atoms with Gasteiger partial charge in [0.2, 0.25) is 5.88 Å². The van der Waals surface area contributed by atoms with Crippen LogP contribution >= 0.6 is 0 Å². The number of H-pyrrole nitrogens is 1. The molecule has 0 saturated carbocycles. The van der Waals surface area contributed by atoms with Gasteiger partial charge in [-0.25, -0.2) is 9.97 Å². The molecular weight excluding hydrogens is 252 g/mol. The Hall–Kier alpha value is -2.50. The number of fused-ring (bicyclic) bond motifs is 1. The van der Waals surface area contributed by atoms with Crippen LogP contribution in [0, 0.1) is 0 Å². The van der Waals surface area contributed by atoms with Crippen LogP contribution in [-0.2, 0) is 0 Å². The quantitative estimate of drug-likeness (QED) is 0.787. The third-order valence-corrected chi connectivity index (χ3v) is 2.65. The van der Waals surface area contributed by atoms with Crippen LogP contribution in [0.5, 0.6) is 5.88 Å². The van der Waals surface area contributed by atoms with Gasteiger partial charge in [-0.05, 0) is 30.3 Å². The number of aromatic amines is 1. The molecule has 0 aromatic carbocycles. The Morgan fingerprint density at radius 3 is 2.68 bits per heavy atom. The Morgan fingerprint density at radius 2 is 1.89 bits per heavy atom. The topological polar surface area (TPSA) is 50.8 Å². The second kappa shape index (κ2) is 4.64. The first-order valence-corrected chi connectivity index (χ1v) is 5.58. The van der Waals surface area contributed by atoms with Gasteiger partial charge in [-0.3, -0.25) is 0 Å².